The molecule has 7 heteroatoms. The first-order valence-electron chi connectivity index (χ1n) is 12.8. The first kappa shape index (κ1) is 28.1. The molecule has 0 bridgehead atoms. The Hall–Kier alpha value is -1.52. The van der Waals surface area contributed by atoms with Crippen LogP contribution >= 0.6 is 0 Å². The Morgan fingerprint density at radius 3 is 2.09 bits per heavy atom. The smallest absolute Gasteiger partial charge is 0.192 e. The van der Waals surface area contributed by atoms with Gasteiger partial charge < -0.3 is 19.3 Å². The van der Waals surface area contributed by atoms with Crippen LogP contribution in [0, 0.1) is 0 Å². The number of ether oxygens (including phenoxy) is 1. The van der Waals surface area contributed by atoms with E-state index in [-0.39, 0.29) is 28.4 Å². The molecule has 0 unspecified atom stereocenters. The lowest BCUT2D eigenvalue weighted by Gasteiger charge is -2.40. The van der Waals surface area contributed by atoms with Crippen molar-refractivity contribution in [2.75, 3.05) is 12.3 Å². The number of anilines is 1. The van der Waals surface area contributed by atoms with E-state index < -0.39 is 16.6 Å². The summed E-state index contributed by atoms with van der Waals surface area (Å²) in [4.78, 5) is 4.71. The first-order valence-corrected chi connectivity index (χ1v) is 18.6. The van der Waals surface area contributed by atoms with E-state index in [2.05, 4.69) is 85.9 Å². The lowest BCUT2D eigenvalue weighted by molar-refractivity contribution is -0.0163. The molecule has 0 aliphatic carbocycles. The molecule has 0 spiro atoms. The fraction of sp³-hybridized carbons (Fsp3) is 0.607. The summed E-state index contributed by atoms with van der Waals surface area (Å²) in [5, 5.41) is 0.260. The second-order valence-electron chi connectivity index (χ2n) is 12.9. The summed E-state index contributed by atoms with van der Waals surface area (Å²) in [7, 11) is -3.92. The zero-order valence-corrected chi connectivity index (χ0v) is 25.4. The van der Waals surface area contributed by atoms with Gasteiger partial charge >= 0.3 is 0 Å². The average Bonchev–Trinajstić information content (AvgIpc) is 3.13. The van der Waals surface area contributed by atoms with Crippen LogP contribution in [0.1, 0.15) is 59.6 Å². The lowest BCUT2D eigenvalue weighted by atomic mass is 9.99. The number of hydrogen-bond donors (Lipinski definition) is 1. The molecule has 0 radical (unpaired) electrons. The third-order valence-electron chi connectivity index (χ3n) is 8.21. The van der Waals surface area contributed by atoms with Gasteiger partial charge in [0.2, 0.25) is 0 Å². The number of nitrogens with two attached hydrogens (primary N) is 1. The third-order valence-corrected chi connectivity index (χ3v) is 17.2. The number of aromatic nitrogens is 1. The highest BCUT2D eigenvalue weighted by atomic mass is 28.4. The molecule has 1 aliphatic heterocycles. The van der Waals surface area contributed by atoms with Crippen LogP contribution in [0.15, 0.2) is 42.5 Å². The molecule has 194 valence electrons. The normalized spacial score (nSPS) is 21.9. The van der Waals surface area contributed by atoms with Crippen molar-refractivity contribution in [2.45, 2.75) is 103 Å². The van der Waals surface area contributed by atoms with Gasteiger partial charge in [-0.25, -0.2) is 4.98 Å². The Kier molecular flexibility index (Phi) is 8.09. The molecule has 5 nitrogen and oxygen atoms in total. The van der Waals surface area contributed by atoms with E-state index in [4.69, 9.17) is 24.3 Å². The maximum atomic E-state index is 6.95. The maximum absolute atomic E-state index is 6.95. The molecule has 1 fully saturated rings. The van der Waals surface area contributed by atoms with Crippen LogP contribution in [0.25, 0.3) is 11.3 Å². The van der Waals surface area contributed by atoms with Crippen LogP contribution in [0.2, 0.25) is 36.3 Å². The third kappa shape index (κ3) is 6.44. The fourth-order valence-corrected chi connectivity index (χ4v) is 6.19. The Balaban J connectivity index is 1.93. The number of nitrogen functional groups attached to an aromatic ring is 1. The van der Waals surface area contributed by atoms with E-state index >= 15 is 0 Å². The van der Waals surface area contributed by atoms with Gasteiger partial charge in [-0.1, -0.05) is 77.9 Å². The van der Waals surface area contributed by atoms with Crippen LogP contribution in [-0.2, 0) is 13.6 Å². The van der Waals surface area contributed by atoms with Gasteiger partial charge in [-0.05, 0) is 42.3 Å². The topological polar surface area (TPSA) is 66.6 Å². The molecule has 35 heavy (non-hydrogen) atoms. The second-order valence-corrected chi connectivity index (χ2v) is 22.5. The summed E-state index contributed by atoms with van der Waals surface area (Å²) >= 11 is 0. The summed E-state index contributed by atoms with van der Waals surface area (Å²) in [5.74, 6) is 0.512. The van der Waals surface area contributed by atoms with E-state index in [1.807, 2.05) is 24.3 Å². The van der Waals surface area contributed by atoms with E-state index in [1.165, 1.54) is 0 Å². The van der Waals surface area contributed by atoms with Crippen molar-refractivity contribution in [2.24, 2.45) is 0 Å². The number of rotatable bonds is 7. The average molecular weight is 515 g/mol. The van der Waals surface area contributed by atoms with Gasteiger partial charge in [0, 0.05) is 17.5 Å². The number of nitrogens with zero attached hydrogens (tertiary/aromatic N) is 1. The molecule has 3 rings (SSSR count). The van der Waals surface area contributed by atoms with Crippen LogP contribution in [0.4, 0.5) is 5.82 Å². The zero-order valence-electron chi connectivity index (χ0n) is 23.4. The highest BCUT2D eigenvalue weighted by molar-refractivity contribution is 6.74. The van der Waals surface area contributed by atoms with Crippen molar-refractivity contribution in [3.8, 4) is 11.3 Å². The van der Waals surface area contributed by atoms with Crippen molar-refractivity contribution in [3.05, 3.63) is 48.0 Å². The van der Waals surface area contributed by atoms with Gasteiger partial charge in [-0.2, -0.15) is 0 Å². The number of benzene rings is 1. The van der Waals surface area contributed by atoms with Crippen molar-refractivity contribution in [1.29, 1.82) is 0 Å². The lowest BCUT2D eigenvalue weighted by Crippen LogP contribution is -2.48. The minimum atomic E-state index is -2.00. The molecule has 0 saturated carbocycles. The predicted molar refractivity (Wildman–Crippen MR) is 152 cm³/mol. The molecule has 3 atom stereocenters. The van der Waals surface area contributed by atoms with Crippen molar-refractivity contribution in [1.82, 2.24) is 4.98 Å². The minimum Gasteiger partial charge on any atom is -0.414 e. The molecular formula is C28H46N2O3Si2. The molecule has 2 N–H and O–H groups in total. The van der Waals surface area contributed by atoms with Gasteiger partial charge in [-0.3, -0.25) is 0 Å². The van der Waals surface area contributed by atoms with E-state index in [9.17, 15) is 0 Å². The minimum absolute atomic E-state index is 0.0214. The SMILES string of the molecule is CC(C)(C)[Si](C)(C)OC[C@H]1O[C@@H](c2ccc(N)nc2-c2ccccc2)C[C@@H]1O[Si](C)(C)C(C)(C)C. The summed E-state index contributed by atoms with van der Waals surface area (Å²) < 4.78 is 20.3. The van der Waals surface area contributed by atoms with Gasteiger partial charge in [-0.15, -0.1) is 0 Å². The Morgan fingerprint density at radius 1 is 0.914 bits per heavy atom. The summed E-state index contributed by atoms with van der Waals surface area (Å²) in [6, 6.07) is 14.1. The molecule has 2 heterocycles. The molecule has 0 amide bonds. The predicted octanol–water partition coefficient (Wildman–Crippen LogP) is 7.57. The molecule has 1 aliphatic rings. The standard InChI is InChI=1S/C28H46N2O3Si2/c1-27(2,3)34(7,8)31-19-24-23(33-35(9,10)28(4,5)6)18-22(32-24)21-16-17-25(29)30-26(21)20-14-12-11-13-15-20/h11-17,22-24H,18-19H2,1-10H3,(H2,29,30)/t22-,23+,24-/m1/s1. The Morgan fingerprint density at radius 2 is 1.51 bits per heavy atom. The van der Waals surface area contributed by atoms with E-state index in [0.717, 1.165) is 23.2 Å². The molecular weight excluding hydrogens is 468 g/mol. The van der Waals surface area contributed by atoms with Crippen molar-refractivity contribution in [3.63, 3.8) is 0 Å². The van der Waals surface area contributed by atoms with E-state index in [1.54, 1.807) is 0 Å². The molecule has 1 saturated heterocycles. The maximum Gasteiger partial charge on any atom is 0.192 e. The molecule has 1 aromatic carbocycles. The quantitative estimate of drug-likeness (QED) is 0.386. The fourth-order valence-electron chi connectivity index (χ4n) is 3.82. The van der Waals surface area contributed by atoms with Crippen LogP contribution in [0.3, 0.4) is 0 Å². The van der Waals surface area contributed by atoms with Crippen LogP contribution in [0.5, 0.6) is 0 Å². The highest BCUT2D eigenvalue weighted by Crippen LogP contribution is 2.44. The number of hydrogen-bond acceptors (Lipinski definition) is 5. The highest BCUT2D eigenvalue weighted by Gasteiger charge is 2.46. The van der Waals surface area contributed by atoms with Crippen LogP contribution in [-0.4, -0.2) is 40.4 Å². The van der Waals surface area contributed by atoms with Crippen molar-refractivity contribution >= 4 is 22.5 Å². The van der Waals surface area contributed by atoms with Gasteiger partial charge in [0.25, 0.3) is 0 Å². The molecule has 2 aromatic rings. The van der Waals surface area contributed by atoms with Gasteiger partial charge in [0.1, 0.15) is 11.9 Å². The summed E-state index contributed by atoms with van der Waals surface area (Å²) in [5.41, 5.74) is 9.08. The van der Waals surface area contributed by atoms with Gasteiger partial charge in [0.05, 0.1) is 24.5 Å². The summed E-state index contributed by atoms with van der Waals surface area (Å²) in [6.45, 7) is 23.4. The zero-order chi connectivity index (χ0) is 26.2. The first-order chi connectivity index (χ1) is 16.0. The second kappa shape index (κ2) is 10.1. The molecule has 1 aromatic heterocycles. The Labute approximate surface area is 215 Å². The monoisotopic (exact) mass is 514 g/mol. The van der Waals surface area contributed by atoms with Crippen LogP contribution < -0.4 is 5.73 Å². The van der Waals surface area contributed by atoms with E-state index in [0.29, 0.717) is 12.4 Å². The largest absolute Gasteiger partial charge is 0.414 e. The Bertz CT molecular complexity index is 997. The number of pyridine rings is 1. The summed E-state index contributed by atoms with van der Waals surface area (Å²) in [6.07, 6.45) is 0.515. The van der Waals surface area contributed by atoms with Crippen molar-refractivity contribution < 1.29 is 13.6 Å². The van der Waals surface area contributed by atoms with Gasteiger partial charge in [0.15, 0.2) is 16.6 Å².